The van der Waals surface area contributed by atoms with E-state index in [0.717, 1.165) is 36.1 Å². The number of fused-ring (bicyclic) bond motifs is 1. The highest BCUT2D eigenvalue weighted by Gasteiger charge is 2.17. The summed E-state index contributed by atoms with van der Waals surface area (Å²) in [7, 11) is 0. The van der Waals surface area contributed by atoms with Crippen LogP contribution in [0.3, 0.4) is 0 Å². The first-order valence-electron chi connectivity index (χ1n) is 8.41. The van der Waals surface area contributed by atoms with Crippen LogP contribution < -0.4 is 16.4 Å². The van der Waals surface area contributed by atoms with E-state index in [9.17, 15) is 4.79 Å². The molecule has 0 fully saturated rings. The van der Waals surface area contributed by atoms with Crippen LogP contribution in [0, 0.1) is 5.41 Å². The molecule has 7 heteroatoms. The minimum Gasteiger partial charge on any atom is -0.369 e. The van der Waals surface area contributed by atoms with Gasteiger partial charge in [0.15, 0.2) is 5.78 Å². The molecule has 0 aromatic heterocycles. The van der Waals surface area contributed by atoms with Crippen molar-refractivity contribution >= 4 is 34.9 Å². The SMILES string of the molecule is C/C=C(Cl)\C(=N/C(=N)Nc1ccc2c(c1)CCCC2=O)NCCCN. The topological polar surface area (TPSA) is 103 Å². The van der Waals surface area contributed by atoms with Gasteiger partial charge in [0.25, 0.3) is 0 Å². The predicted octanol–water partition coefficient (Wildman–Crippen LogP) is 3.03. The zero-order valence-electron chi connectivity index (χ0n) is 14.4. The van der Waals surface area contributed by atoms with Gasteiger partial charge in [0.2, 0.25) is 5.96 Å². The molecule has 25 heavy (non-hydrogen) atoms. The largest absolute Gasteiger partial charge is 0.369 e. The Kier molecular flexibility index (Phi) is 7.16. The smallest absolute Gasteiger partial charge is 0.221 e. The van der Waals surface area contributed by atoms with Crippen molar-refractivity contribution in [3.63, 3.8) is 0 Å². The zero-order chi connectivity index (χ0) is 18.2. The number of carbonyl (C=O) groups is 1. The summed E-state index contributed by atoms with van der Waals surface area (Å²) in [5, 5.41) is 14.5. The monoisotopic (exact) mass is 361 g/mol. The van der Waals surface area contributed by atoms with Crippen molar-refractivity contribution < 1.29 is 4.79 Å². The minimum atomic E-state index is -0.0302. The molecular weight excluding hydrogens is 338 g/mol. The maximum atomic E-state index is 11.9. The molecule has 1 aliphatic carbocycles. The molecule has 1 aromatic carbocycles. The Labute approximate surface area is 153 Å². The molecule has 0 radical (unpaired) electrons. The summed E-state index contributed by atoms with van der Waals surface area (Å²) >= 11 is 6.14. The number of nitrogens with zero attached hydrogens (tertiary/aromatic N) is 1. The summed E-state index contributed by atoms with van der Waals surface area (Å²) in [5.74, 6) is 0.591. The lowest BCUT2D eigenvalue weighted by Crippen LogP contribution is -2.28. The molecule has 5 N–H and O–H groups in total. The highest BCUT2D eigenvalue weighted by Crippen LogP contribution is 2.24. The van der Waals surface area contributed by atoms with Gasteiger partial charge in [0, 0.05) is 24.2 Å². The number of hydrogen-bond acceptors (Lipinski definition) is 3. The number of carbonyl (C=O) groups excluding carboxylic acids is 1. The Morgan fingerprint density at radius 1 is 1.44 bits per heavy atom. The van der Waals surface area contributed by atoms with Crippen LogP contribution in [0.5, 0.6) is 0 Å². The van der Waals surface area contributed by atoms with E-state index in [0.29, 0.717) is 30.4 Å². The molecule has 0 spiro atoms. The number of benzene rings is 1. The van der Waals surface area contributed by atoms with Gasteiger partial charge in [0.05, 0.1) is 5.03 Å². The predicted molar refractivity (Wildman–Crippen MR) is 104 cm³/mol. The second-order valence-electron chi connectivity index (χ2n) is 5.79. The van der Waals surface area contributed by atoms with Crippen LogP contribution in [0.4, 0.5) is 5.69 Å². The van der Waals surface area contributed by atoms with Crippen LogP contribution in [-0.4, -0.2) is 30.7 Å². The first-order chi connectivity index (χ1) is 12.0. The van der Waals surface area contributed by atoms with Gasteiger partial charge in [-0.05, 0) is 56.5 Å². The lowest BCUT2D eigenvalue weighted by Gasteiger charge is -2.16. The molecule has 6 nitrogen and oxygen atoms in total. The number of aliphatic imine (C=N–C) groups is 1. The molecular formula is C18H24ClN5O. The molecule has 0 unspecified atom stereocenters. The summed E-state index contributed by atoms with van der Waals surface area (Å²) in [4.78, 5) is 16.1. The Balaban J connectivity index is 2.10. The van der Waals surface area contributed by atoms with Gasteiger partial charge in [0.1, 0.15) is 5.84 Å². The molecule has 1 aromatic rings. The van der Waals surface area contributed by atoms with Crippen molar-refractivity contribution in [1.29, 1.82) is 5.41 Å². The van der Waals surface area contributed by atoms with Crippen molar-refractivity contribution in [3.8, 4) is 0 Å². The summed E-state index contributed by atoms with van der Waals surface area (Å²) in [6.07, 6.45) is 4.86. The highest BCUT2D eigenvalue weighted by atomic mass is 35.5. The van der Waals surface area contributed by atoms with Crippen molar-refractivity contribution in [3.05, 3.63) is 40.4 Å². The number of guanidine groups is 1. The number of allylic oxidation sites excluding steroid dienone is 1. The molecule has 1 aliphatic rings. The number of hydrogen-bond donors (Lipinski definition) is 4. The van der Waals surface area contributed by atoms with E-state index in [2.05, 4.69) is 15.6 Å². The number of Topliss-reactive ketones (excluding diaryl/α,β-unsaturated/α-hetero) is 1. The molecule has 0 heterocycles. The maximum Gasteiger partial charge on any atom is 0.221 e. The lowest BCUT2D eigenvalue weighted by atomic mass is 9.90. The minimum absolute atomic E-state index is 0.0302. The highest BCUT2D eigenvalue weighted by molar-refractivity contribution is 6.43. The number of rotatable bonds is 5. The van der Waals surface area contributed by atoms with Crippen molar-refractivity contribution in [1.82, 2.24) is 5.32 Å². The second kappa shape index (κ2) is 9.34. The van der Waals surface area contributed by atoms with Crippen LogP contribution in [0.25, 0.3) is 0 Å². The molecule has 0 saturated heterocycles. The Hall–Kier alpha value is -2.18. The first kappa shape index (κ1) is 19.1. The zero-order valence-corrected chi connectivity index (χ0v) is 15.1. The fraction of sp³-hybridized carbons (Fsp3) is 0.389. The fourth-order valence-corrected chi connectivity index (χ4v) is 2.73. The molecule has 134 valence electrons. The third-order valence-corrected chi connectivity index (χ3v) is 4.29. The number of nitrogens with two attached hydrogens (primary N) is 1. The summed E-state index contributed by atoms with van der Waals surface area (Å²) in [5.41, 5.74) is 8.03. The van der Waals surface area contributed by atoms with Gasteiger partial charge in [-0.25, -0.2) is 0 Å². The number of nitrogens with one attached hydrogen (secondary N) is 3. The van der Waals surface area contributed by atoms with E-state index in [1.54, 1.807) is 19.1 Å². The Morgan fingerprint density at radius 2 is 2.24 bits per heavy atom. The van der Waals surface area contributed by atoms with Crippen molar-refractivity contribution in [2.24, 2.45) is 10.7 Å². The molecule has 0 amide bonds. The molecule has 2 rings (SSSR count). The third kappa shape index (κ3) is 5.41. The average molecular weight is 362 g/mol. The number of halogens is 1. The fourth-order valence-electron chi connectivity index (χ4n) is 2.62. The van der Waals surface area contributed by atoms with E-state index in [1.165, 1.54) is 0 Å². The average Bonchev–Trinajstić information content (AvgIpc) is 2.60. The van der Waals surface area contributed by atoms with Crippen LogP contribution >= 0.6 is 11.6 Å². The molecule has 0 saturated carbocycles. The first-order valence-corrected chi connectivity index (χ1v) is 8.79. The third-order valence-electron chi connectivity index (χ3n) is 3.89. The van der Waals surface area contributed by atoms with E-state index in [4.69, 9.17) is 22.7 Å². The van der Waals surface area contributed by atoms with E-state index in [-0.39, 0.29) is 11.7 Å². The summed E-state index contributed by atoms with van der Waals surface area (Å²) in [6, 6.07) is 5.52. The van der Waals surface area contributed by atoms with Crippen LogP contribution in [0.1, 0.15) is 42.1 Å². The maximum absolute atomic E-state index is 11.9. The van der Waals surface area contributed by atoms with Crippen LogP contribution in [0.2, 0.25) is 0 Å². The van der Waals surface area contributed by atoms with Crippen molar-refractivity contribution in [2.75, 3.05) is 18.4 Å². The molecule has 0 atom stereocenters. The summed E-state index contributed by atoms with van der Waals surface area (Å²) in [6.45, 7) is 3.00. The van der Waals surface area contributed by atoms with Gasteiger partial charge >= 0.3 is 0 Å². The Bertz CT molecular complexity index is 711. The normalized spacial score (nSPS) is 14.9. The van der Waals surface area contributed by atoms with Gasteiger partial charge in [-0.2, -0.15) is 4.99 Å². The number of amidine groups is 1. The van der Waals surface area contributed by atoms with Crippen LogP contribution in [0.15, 0.2) is 34.3 Å². The van der Waals surface area contributed by atoms with Gasteiger partial charge < -0.3 is 16.4 Å². The number of ketones is 1. The van der Waals surface area contributed by atoms with Crippen LogP contribution in [-0.2, 0) is 6.42 Å². The van der Waals surface area contributed by atoms with Gasteiger partial charge in [-0.1, -0.05) is 17.7 Å². The van der Waals surface area contributed by atoms with Crippen molar-refractivity contribution in [2.45, 2.75) is 32.6 Å². The number of anilines is 1. The lowest BCUT2D eigenvalue weighted by molar-refractivity contribution is 0.0972. The standard InChI is InChI=1S/C18H24ClN5O/c1-2-15(19)17(22-10-4-9-20)24-18(21)23-13-7-8-14-12(11-13)5-3-6-16(14)25/h2,7-8,11H,3-6,9-10,20H2,1H3,(H3,21,22,23,24)/b15-2+. The Morgan fingerprint density at radius 3 is 2.96 bits per heavy atom. The quantitative estimate of drug-likeness (QED) is 0.367. The number of aryl methyl sites for hydroxylation is 1. The second-order valence-corrected chi connectivity index (χ2v) is 6.20. The summed E-state index contributed by atoms with van der Waals surface area (Å²) < 4.78 is 0. The molecule has 0 bridgehead atoms. The van der Waals surface area contributed by atoms with Gasteiger partial charge in [-0.3, -0.25) is 10.2 Å². The molecule has 0 aliphatic heterocycles. The van der Waals surface area contributed by atoms with E-state index in [1.807, 2.05) is 12.1 Å². The van der Waals surface area contributed by atoms with E-state index < -0.39 is 0 Å². The van der Waals surface area contributed by atoms with E-state index >= 15 is 0 Å². The van der Waals surface area contributed by atoms with Gasteiger partial charge in [-0.15, -0.1) is 0 Å².